The largest absolute Gasteiger partial charge is 0.317 e. The van der Waals surface area contributed by atoms with E-state index in [2.05, 4.69) is 22.3 Å². The fraction of sp³-hybridized carbons (Fsp3) is 0.818. The molecule has 0 radical (unpaired) electrons. The first-order valence-electron chi connectivity index (χ1n) is 5.77. The molecule has 2 rings (SSSR count). The Bertz CT molecular complexity index is 336. The van der Waals surface area contributed by atoms with Gasteiger partial charge in [-0.2, -0.15) is 5.10 Å². The van der Waals surface area contributed by atoms with Crippen molar-refractivity contribution in [2.24, 2.45) is 7.05 Å². The topological polar surface area (TPSA) is 42.7 Å². The summed E-state index contributed by atoms with van der Waals surface area (Å²) in [6, 6.07) is 0. The van der Waals surface area contributed by atoms with Gasteiger partial charge in [0.25, 0.3) is 0 Å². The molecule has 1 N–H and O–H groups in total. The molecule has 0 bridgehead atoms. The van der Waals surface area contributed by atoms with E-state index in [9.17, 15) is 0 Å². The zero-order valence-electron chi connectivity index (χ0n) is 9.88. The molecule has 0 aliphatic carbocycles. The van der Waals surface area contributed by atoms with Crippen molar-refractivity contribution in [3.8, 4) is 0 Å². The Kier molecular flexibility index (Phi) is 2.78. The molecule has 0 saturated carbocycles. The Morgan fingerprint density at radius 3 is 2.53 bits per heavy atom. The van der Waals surface area contributed by atoms with Crippen LogP contribution in [-0.4, -0.2) is 27.9 Å². The molecule has 0 atom stereocenters. The van der Waals surface area contributed by atoms with Gasteiger partial charge in [0.1, 0.15) is 11.6 Å². The molecule has 0 amide bonds. The SMILES string of the molecule is CCC1(c2nc(C)nn2C)CCNCC1. The number of hydrogen-bond acceptors (Lipinski definition) is 3. The summed E-state index contributed by atoms with van der Waals surface area (Å²) < 4.78 is 1.96. The van der Waals surface area contributed by atoms with Crippen LogP contribution in [0.2, 0.25) is 0 Å². The van der Waals surface area contributed by atoms with Crippen molar-refractivity contribution in [2.75, 3.05) is 13.1 Å². The highest BCUT2D eigenvalue weighted by Crippen LogP contribution is 2.35. The summed E-state index contributed by atoms with van der Waals surface area (Å²) in [5.41, 5.74) is 0.251. The predicted octanol–water partition coefficient (Wildman–Crippen LogP) is 1.15. The summed E-state index contributed by atoms with van der Waals surface area (Å²) in [4.78, 5) is 4.60. The molecule has 4 nitrogen and oxygen atoms in total. The third-order valence-corrected chi connectivity index (χ3v) is 3.58. The predicted molar refractivity (Wildman–Crippen MR) is 59.8 cm³/mol. The quantitative estimate of drug-likeness (QED) is 0.793. The molecule has 1 aliphatic rings. The zero-order chi connectivity index (χ0) is 10.9. The van der Waals surface area contributed by atoms with Crippen molar-refractivity contribution < 1.29 is 0 Å². The first kappa shape index (κ1) is 10.6. The van der Waals surface area contributed by atoms with Crippen LogP contribution in [0.15, 0.2) is 0 Å². The van der Waals surface area contributed by atoms with E-state index in [1.807, 2.05) is 18.7 Å². The molecular weight excluding hydrogens is 188 g/mol. The van der Waals surface area contributed by atoms with Gasteiger partial charge in [-0.25, -0.2) is 4.98 Å². The Morgan fingerprint density at radius 2 is 2.07 bits per heavy atom. The van der Waals surface area contributed by atoms with Crippen LogP contribution >= 0.6 is 0 Å². The monoisotopic (exact) mass is 208 g/mol. The number of piperidine rings is 1. The lowest BCUT2D eigenvalue weighted by Gasteiger charge is -2.35. The van der Waals surface area contributed by atoms with Crippen LogP contribution in [0.1, 0.15) is 37.8 Å². The van der Waals surface area contributed by atoms with Crippen molar-refractivity contribution in [3.05, 3.63) is 11.6 Å². The van der Waals surface area contributed by atoms with Gasteiger partial charge >= 0.3 is 0 Å². The van der Waals surface area contributed by atoms with Gasteiger partial charge in [0.2, 0.25) is 0 Å². The van der Waals surface area contributed by atoms with Gasteiger partial charge in [-0.15, -0.1) is 0 Å². The summed E-state index contributed by atoms with van der Waals surface area (Å²) in [6.07, 6.45) is 3.51. The Hall–Kier alpha value is -0.900. The van der Waals surface area contributed by atoms with Crippen LogP contribution in [0.25, 0.3) is 0 Å². The highest BCUT2D eigenvalue weighted by atomic mass is 15.3. The van der Waals surface area contributed by atoms with Crippen LogP contribution in [0.5, 0.6) is 0 Å². The Morgan fingerprint density at radius 1 is 1.40 bits per heavy atom. The van der Waals surface area contributed by atoms with Gasteiger partial charge in [-0.1, -0.05) is 6.92 Å². The van der Waals surface area contributed by atoms with Crippen molar-refractivity contribution in [1.82, 2.24) is 20.1 Å². The van der Waals surface area contributed by atoms with Crippen molar-refractivity contribution in [3.63, 3.8) is 0 Å². The first-order valence-corrected chi connectivity index (χ1v) is 5.77. The molecule has 1 aromatic rings. The molecule has 1 fully saturated rings. The van der Waals surface area contributed by atoms with E-state index in [0.29, 0.717) is 0 Å². The van der Waals surface area contributed by atoms with E-state index >= 15 is 0 Å². The molecule has 1 aromatic heterocycles. The number of aromatic nitrogens is 3. The highest BCUT2D eigenvalue weighted by Gasteiger charge is 2.36. The minimum absolute atomic E-state index is 0.251. The summed E-state index contributed by atoms with van der Waals surface area (Å²) in [5.74, 6) is 2.06. The maximum Gasteiger partial charge on any atom is 0.147 e. The number of nitrogens with zero attached hydrogens (tertiary/aromatic N) is 3. The average molecular weight is 208 g/mol. The summed E-state index contributed by atoms with van der Waals surface area (Å²) in [5, 5.41) is 7.78. The van der Waals surface area contributed by atoms with E-state index in [0.717, 1.165) is 25.3 Å². The highest BCUT2D eigenvalue weighted by molar-refractivity contribution is 5.11. The Labute approximate surface area is 91.1 Å². The van der Waals surface area contributed by atoms with Crippen molar-refractivity contribution >= 4 is 0 Å². The second-order valence-electron chi connectivity index (χ2n) is 4.49. The van der Waals surface area contributed by atoms with Gasteiger partial charge in [0.15, 0.2) is 0 Å². The number of hydrogen-bond donors (Lipinski definition) is 1. The number of rotatable bonds is 2. The van der Waals surface area contributed by atoms with Crippen LogP contribution in [0.4, 0.5) is 0 Å². The molecule has 4 heteroatoms. The van der Waals surface area contributed by atoms with Crippen molar-refractivity contribution in [2.45, 2.75) is 38.5 Å². The number of nitrogens with one attached hydrogen (secondary N) is 1. The lowest BCUT2D eigenvalue weighted by molar-refractivity contribution is 0.273. The smallest absolute Gasteiger partial charge is 0.147 e. The maximum absolute atomic E-state index is 4.60. The molecule has 84 valence electrons. The third-order valence-electron chi connectivity index (χ3n) is 3.58. The first-order chi connectivity index (χ1) is 7.18. The van der Waals surface area contributed by atoms with E-state index in [4.69, 9.17) is 0 Å². The number of aryl methyl sites for hydroxylation is 2. The second-order valence-corrected chi connectivity index (χ2v) is 4.49. The molecule has 1 saturated heterocycles. The van der Waals surface area contributed by atoms with Gasteiger partial charge < -0.3 is 5.32 Å². The van der Waals surface area contributed by atoms with Crippen LogP contribution in [-0.2, 0) is 12.5 Å². The van der Waals surface area contributed by atoms with E-state index in [-0.39, 0.29) is 5.41 Å². The lowest BCUT2D eigenvalue weighted by Crippen LogP contribution is -2.41. The third kappa shape index (κ3) is 1.78. The molecule has 1 aliphatic heterocycles. The lowest BCUT2D eigenvalue weighted by atomic mass is 9.76. The maximum atomic E-state index is 4.60. The fourth-order valence-corrected chi connectivity index (χ4v) is 2.61. The van der Waals surface area contributed by atoms with E-state index < -0.39 is 0 Å². The molecule has 15 heavy (non-hydrogen) atoms. The summed E-state index contributed by atoms with van der Waals surface area (Å²) >= 11 is 0. The summed E-state index contributed by atoms with van der Waals surface area (Å²) in [6.45, 7) is 6.42. The van der Waals surface area contributed by atoms with Crippen LogP contribution in [0, 0.1) is 6.92 Å². The van der Waals surface area contributed by atoms with Crippen LogP contribution < -0.4 is 5.32 Å². The second kappa shape index (κ2) is 3.93. The van der Waals surface area contributed by atoms with E-state index in [1.165, 1.54) is 18.7 Å². The zero-order valence-corrected chi connectivity index (χ0v) is 9.88. The van der Waals surface area contributed by atoms with Gasteiger partial charge in [0.05, 0.1) is 0 Å². The van der Waals surface area contributed by atoms with Crippen LogP contribution in [0.3, 0.4) is 0 Å². The minimum Gasteiger partial charge on any atom is -0.317 e. The fourth-order valence-electron chi connectivity index (χ4n) is 2.61. The minimum atomic E-state index is 0.251. The standard InChI is InChI=1S/C11H20N4/c1-4-11(5-7-12-8-6-11)10-13-9(2)14-15(10)3/h12H,4-8H2,1-3H3. The molecule has 2 heterocycles. The average Bonchev–Trinajstić information content (AvgIpc) is 2.59. The Balaban J connectivity index is 2.36. The molecule has 0 aromatic carbocycles. The van der Waals surface area contributed by atoms with E-state index in [1.54, 1.807) is 0 Å². The molecule has 0 spiro atoms. The van der Waals surface area contributed by atoms with Gasteiger partial charge in [0, 0.05) is 12.5 Å². The summed E-state index contributed by atoms with van der Waals surface area (Å²) in [7, 11) is 2.01. The molecular formula is C11H20N4. The normalized spacial score (nSPS) is 20.5. The molecule has 0 unspecified atom stereocenters. The van der Waals surface area contributed by atoms with Gasteiger partial charge in [-0.05, 0) is 39.3 Å². The van der Waals surface area contributed by atoms with Gasteiger partial charge in [-0.3, -0.25) is 4.68 Å². The van der Waals surface area contributed by atoms with Crippen molar-refractivity contribution in [1.29, 1.82) is 0 Å².